The molecule has 13 heavy (non-hydrogen) atoms. The van der Waals surface area contributed by atoms with Crippen molar-refractivity contribution in [3.8, 4) is 0 Å². The zero-order chi connectivity index (χ0) is 9.42. The molecule has 1 aromatic rings. The fraction of sp³-hybridized carbons (Fsp3) is 0.429. The van der Waals surface area contributed by atoms with Gasteiger partial charge in [-0.05, 0) is 13.0 Å². The van der Waals surface area contributed by atoms with Crippen LogP contribution >= 0.6 is 23.2 Å². The minimum Gasteiger partial charge on any atom is -0.319 e. The monoisotopic (exact) mass is 220 g/mol. The minimum absolute atomic E-state index is 0.201. The summed E-state index contributed by atoms with van der Waals surface area (Å²) in [7, 11) is 0. The van der Waals surface area contributed by atoms with Crippen LogP contribution < -0.4 is 0 Å². The van der Waals surface area contributed by atoms with Crippen molar-refractivity contribution in [2.45, 2.75) is 19.5 Å². The van der Waals surface area contributed by atoms with Gasteiger partial charge in [0, 0.05) is 0 Å². The number of halogens is 2. The van der Waals surface area contributed by atoms with Crippen LogP contribution in [-0.4, -0.2) is 16.5 Å². The summed E-state index contributed by atoms with van der Waals surface area (Å²) in [4.78, 5) is 0. The lowest BCUT2D eigenvalue weighted by atomic mass is 10.3. The smallest absolute Gasteiger partial charge is 0.192 e. The Labute approximate surface area is 84.8 Å². The van der Waals surface area contributed by atoms with Crippen molar-refractivity contribution in [1.29, 1.82) is 0 Å². The van der Waals surface area contributed by atoms with Gasteiger partial charge in [0.2, 0.25) is 0 Å². The van der Waals surface area contributed by atoms with Gasteiger partial charge in [-0.1, -0.05) is 23.2 Å². The highest BCUT2D eigenvalue weighted by Gasteiger charge is 2.31. The molecule has 0 N–H and O–H groups in total. The van der Waals surface area contributed by atoms with Crippen molar-refractivity contribution < 1.29 is 9.47 Å². The van der Waals surface area contributed by atoms with Crippen LogP contribution in [0, 0.1) is 0 Å². The number of hydrogen-bond acceptors (Lipinski definition) is 4. The maximum Gasteiger partial charge on any atom is 0.192 e. The molecule has 70 valence electrons. The lowest BCUT2D eigenvalue weighted by molar-refractivity contribution is -0.382. The molecule has 2 heterocycles. The Bertz CT molecular complexity index is 328. The van der Waals surface area contributed by atoms with E-state index in [1.807, 2.05) is 0 Å². The highest BCUT2D eigenvalue weighted by molar-refractivity contribution is 6.31. The van der Waals surface area contributed by atoms with Gasteiger partial charge in [0.05, 0.1) is 5.56 Å². The molecule has 6 heteroatoms. The van der Waals surface area contributed by atoms with Gasteiger partial charge in [0.25, 0.3) is 0 Å². The molecule has 1 aliphatic rings. The fourth-order valence-electron chi connectivity index (χ4n) is 1.04. The quantitative estimate of drug-likeness (QED) is 0.728. The SMILES string of the molecule is CC1OC(c2cc(Cl)nnc2Cl)O1. The number of nitrogens with zero attached hydrogens (tertiary/aromatic N) is 2. The van der Waals surface area contributed by atoms with E-state index in [9.17, 15) is 0 Å². The van der Waals surface area contributed by atoms with E-state index in [1.54, 1.807) is 13.0 Å². The first-order chi connectivity index (χ1) is 6.16. The first kappa shape index (κ1) is 9.15. The summed E-state index contributed by atoms with van der Waals surface area (Å²) in [6.45, 7) is 1.79. The van der Waals surface area contributed by atoms with E-state index in [2.05, 4.69) is 10.2 Å². The molecule has 1 saturated heterocycles. The third-order valence-corrected chi connectivity index (χ3v) is 2.11. The highest BCUT2D eigenvalue weighted by Crippen LogP contribution is 2.34. The molecule has 0 spiro atoms. The normalized spacial score (nSPS) is 27.0. The molecule has 4 nitrogen and oxygen atoms in total. The molecule has 0 aliphatic carbocycles. The summed E-state index contributed by atoms with van der Waals surface area (Å²) in [6.07, 6.45) is -0.663. The van der Waals surface area contributed by atoms with Crippen LogP contribution in [0.5, 0.6) is 0 Å². The van der Waals surface area contributed by atoms with Crippen LogP contribution in [-0.2, 0) is 9.47 Å². The van der Waals surface area contributed by atoms with Gasteiger partial charge in [-0.25, -0.2) is 0 Å². The van der Waals surface area contributed by atoms with E-state index in [0.717, 1.165) is 0 Å². The van der Waals surface area contributed by atoms with Crippen LogP contribution in [0.15, 0.2) is 6.07 Å². The molecule has 1 aliphatic heterocycles. The second-order valence-corrected chi connectivity index (χ2v) is 3.33. The van der Waals surface area contributed by atoms with Gasteiger partial charge < -0.3 is 9.47 Å². The van der Waals surface area contributed by atoms with Crippen LogP contribution in [0.3, 0.4) is 0 Å². The summed E-state index contributed by atoms with van der Waals surface area (Å²) >= 11 is 11.4. The Kier molecular flexibility index (Phi) is 2.38. The van der Waals surface area contributed by atoms with Gasteiger partial charge in [-0.3, -0.25) is 0 Å². The maximum absolute atomic E-state index is 5.76. The number of ether oxygens (including phenoxy) is 2. The van der Waals surface area contributed by atoms with E-state index >= 15 is 0 Å². The number of aromatic nitrogens is 2. The fourth-order valence-corrected chi connectivity index (χ4v) is 1.37. The number of hydrogen-bond donors (Lipinski definition) is 0. The lowest BCUT2D eigenvalue weighted by Crippen LogP contribution is -2.31. The largest absolute Gasteiger partial charge is 0.319 e. The van der Waals surface area contributed by atoms with E-state index in [1.165, 1.54) is 0 Å². The van der Waals surface area contributed by atoms with Crippen LogP contribution in [0.25, 0.3) is 0 Å². The molecular weight excluding hydrogens is 215 g/mol. The average molecular weight is 221 g/mol. The van der Waals surface area contributed by atoms with Crippen LogP contribution in [0.1, 0.15) is 18.8 Å². The second kappa shape index (κ2) is 3.38. The average Bonchev–Trinajstić information content (AvgIpc) is 2.04. The van der Waals surface area contributed by atoms with Gasteiger partial charge in [0.1, 0.15) is 0 Å². The topological polar surface area (TPSA) is 44.2 Å². The molecule has 0 aromatic carbocycles. The third kappa shape index (κ3) is 1.76. The Morgan fingerprint density at radius 1 is 1.31 bits per heavy atom. The Hall–Kier alpha value is -0.420. The van der Waals surface area contributed by atoms with Gasteiger partial charge in [0.15, 0.2) is 22.9 Å². The first-order valence-corrected chi connectivity index (χ1v) is 4.42. The van der Waals surface area contributed by atoms with Gasteiger partial charge in [-0.15, -0.1) is 10.2 Å². The summed E-state index contributed by atoms with van der Waals surface area (Å²) in [5.41, 5.74) is 0.611. The van der Waals surface area contributed by atoms with Crippen LogP contribution in [0.2, 0.25) is 10.3 Å². The van der Waals surface area contributed by atoms with Gasteiger partial charge in [-0.2, -0.15) is 0 Å². The molecule has 0 bridgehead atoms. The van der Waals surface area contributed by atoms with Crippen molar-refractivity contribution in [1.82, 2.24) is 10.2 Å². The van der Waals surface area contributed by atoms with E-state index in [0.29, 0.717) is 5.56 Å². The predicted molar refractivity (Wildman–Crippen MR) is 46.4 cm³/mol. The molecule has 1 fully saturated rings. The molecule has 0 unspecified atom stereocenters. The van der Waals surface area contributed by atoms with Crippen molar-refractivity contribution in [2.24, 2.45) is 0 Å². The summed E-state index contributed by atoms with van der Waals surface area (Å²) in [5.74, 6) is 0. The Morgan fingerprint density at radius 3 is 2.62 bits per heavy atom. The van der Waals surface area contributed by atoms with E-state index in [-0.39, 0.29) is 16.6 Å². The lowest BCUT2D eigenvalue weighted by Gasteiger charge is -2.33. The molecule has 2 rings (SSSR count). The van der Waals surface area contributed by atoms with Gasteiger partial charge >= 0.3 is 0 Å². The first-order valence-electron chi connectivity index (χ1n) is 3.66. The summed E-state index contributed by atoms with van der Waals surface area (Å²) < 4.78 is 10.5. The Morgan fingerprint density at radius 2 is 2.00 bits per heavy atom. The zero-order valence-corrected chi connectivity index (χ0v) is 8.21. The summed E-state index contributed by atoms with van der Waals surface area (Å²) in [5, 5.41) is 7.72. The zero-order valence-electron chi connectivity index (χ0n) is 6.70. The molecule has 0 amide bonds. The van der Waals surface area contributed by atoms with Crippen LogP contribution in [0.4, 0.5) is 0 Å². The minimum atomic E-state index is -0.463. The van der Waals surface area contributed by atoms with Crippen molar-refractivity contribution >= 4 is 23.2 Å². The molecule has 1 aromatic heterocycles. The molecule has 0 radical (unpaired) electrons. The van der Waals surface area contributed by atoms with E-state index in [4.69, 9.17) is 32.7 Å². The molecule has 0 atom stereocenters. The maximum atomic E-state index is 5.76. The molecule has 0 saturated carbocycles. The second-order valence-electron chi connectivity index (χ2n) is 2.58. The number of rotatable bonds is 1. The highest BCUT2D eigenvalue weighted by atomic mass is 35.5. The van der Waals surface area contributed by atoms with E-state index < -0.39 is 6.29 Å². The Balaban J connectivity index is 2.24. The van der Waals surface area contributed by atoms with Crippen molar-refractivity contribution in [3.63, 3.8) is 0 Å². The van der Waals surface area contributed by atoms with Crippen molar-refractivity contribution in [3.05, 3.63) is 21.9 Å². The van der Waals surface area contributed by atoms with Crippen molar-refractivity contribution in [2.75, 3.05) is 0 Å². The standard InChI is InChI=1S/C7H6Cl2N2O2/c1-3-12-7(13-3)4-2-5(8)10-11-6(4)9/h2-3,7H,1H3. The third-order valence-electron chi connectivity index (χ3n) is 1.63. The summed E-state index contributed by atoms with van der Waals surface area (Å²) in [6, 6.07) is 1.58. The molecular formula is C7H6Cl2N2O2. The predicted octanol–water partition coefficient (Wildman–Crippen LogP) is 2.17.